The Kier molecular flexibility index (Phi) is 6.68. The van der Waals surface area contributed by atoms with Gasteiger partial charge in [-0.2, -0.15) is 0 Å². The molecule has 122 valence electrons. The summed E-state index contributed by atoms with van der Waals surface area (Å²) in [5, 5.41) is 3.00. The van der Waals surface area contributed by atoms with Crippen LogP contribution in [0.5, 0.6) is 0 Å². The number of amides is 2. The number of nitrogens with one attached hydrogen (secondary N) is 1. The molecular weight excluding hydrogens is 278 g/mol. The molecule has 0 bridgehead atoms. The number of hydrogen-bond acceptors (Lipinski definition) is 3. The lowest BCUT2D eigenvalue weighted by Crippen LogP contribution is -2.42. The van der Waals surface area contributed by atoms with Crippen LogP contribution in [0.2, 0.25) is 0 Å². The maximum atomic E-state index is 12.1. The Morgan fingerprint density at radius 2 is 2.00 bits per heavy atom. The average molecular weight is 305 g/mol. The van der Waals surface area contributed by atoms with Crippen LogP contribution in [0.1, 0.15) is 18.4 Å². The monoisotopic (exact) mass is 305 g/mol. The van der Waals surface area contributed by atoms with E-state index >= 15 is 0 Å². The first-order valence-corrected chi connectivity index (χ1v) is 7.96. The van der Waals surface area contributed by atoms with Gasteiger partial charge in [-0.15, -0.1) is 0 Å². The summed E-state index contributed by atoms with van der Waals surface area (Å²) in [7, 11) is 3.55. The first kappa shape index (κ1) is 16.8. The van der Waals surface area contributed by atoms with Crippen molar-refractivity contribution in [1.82, 2.24) is 15.1 Å². The highest BCUT2D eigenvalue weighted by Gasteiger charge is 2.28. The fourth-order valence-corrected chi connectivity index (χ4v) is 2.50. The van der Waals surface area contributed by atoms with Crippen LogP contribution in [0.4, 0.5) is 4.79 Å². The van der Waals surface area contributed by atoms with Crippen LogP contribution in [-0.2, 0) is 11.3 Å². The van der Waals surface area contributed by atoms with Crippen LogP contribution in [0.15, 0.2) is 30.3 Å². The van der Waals surface area contributed by atoms with E-state index in [9.17, 15) is 4.79 Å². The highest BCUT2D eigenvalue weighted by Crippen LogP contribution is 2.25. The summed E-state index contributed by atoms with van der Waals surface area (Å²) in [6.45, 7) is 3.88. The zero-order valence-corrected chi connectivity index (χ0v) is 13.6. The van der Waals surface area contributed by atoms with Gasteiger partial charge >= 0.3 is 6.03 Å². The molecule has 1 aromatic carbocycles. The molecule has 2 rings (SSSR count). The van der Waals surface area contributed by atoms with E-state index in [-0.39, 0.29) is 6.03 Å². The zero-order chi connectivity index (χ0) is 15.8. The van der Waals surface area contributed by atoms with E-state index in [1.807, 2.05) is 37.4 Å². The molecule has 5 heteroatoms. The van der Waals surface area contributed by atoms with Crippen molar-refractivity contribution in [2.75, 3.05) is 40.4 Å². The van der Waals surface area contributed by atoms with E-state index in [0.717, 1.165) is 25.3 Å². The summed E-state index contributed by atoms with van der Waals surface area (Å²) in [6, 6.07) is 10.7. The number of benzene rings is 1. The third kappa shape index (κ3) is 5.66. The van der Waals surface area contributed by atoms with Gasteiger partial charge in [0.2, 0.25) is 0 Å². The van der Waals surface area contributed by atoms with Crippen LogP contribution in [0.25, 0.3) is 0 Å². The summed E-state index contributed by atoms with van der Waals surface area (Å²) in [5.74, 6) is 0. The molecule has 0 heterocycles. The maximum absolute atomic E-state index is 12.1. The Hall–Kier alpha value is -1.59. The second-order valence-electron chi connectivity index (χ2n) is 5.83. The number of hydrogen-bond donors (Lipinski definition) is 1. The third-order valence-corrected chi connectivity index (χ3v) is 3.93. The maximum Gasteiger partial charge on any atom is 0.317 e. The van der Waals surface area contributed by atoms with Crippen molar-refractivity contribution in [2.24, 2.45) is 0 Å². The number of nitrogens with zero attached hydrogens (tertiary/aromatic N) is 2. The van der Waals surface area contributed by atoms with Crippen LogP contribution >= 0.6 is 0 Å². The number of urea groups is 1. The smallest absolute Gasteiger partial charge is 0.317 e. The molecule has 5 nitrogen and oxygen atoms in total. The molecule has 0 spiro atoms. The molecule has 1 fully saturated rings. The fourth-order valence-electron chi connectivity index (χ4n) is 2.50. The molecule has 2 amide bonds. The van der Waals surface area contributed by atoms with Gasteiger partial charge in [0.05, 0.1) is 6.61 Å². The summed E-state index contributed by atoms with van der Waals surface area (Å²) in [4.78, 5) is 16.2. The predicted octanol–water partition coefficient (Wildman–Crippen LogP) is 1.94. The lowest BCUT2D eigenvalue weighted by molar-refractivity contribution is 0.143. The quantitative estimate of drug-likeness (QED) is 0.758. The van der Waals surface area contributed by atoms with Gasteiger partial charge in [0, 0.05) is 46.4 Å². The van der Waals surface area contributed by atoms with Crippen molar-refractivity contribution in [3.63, 3.8) is 0 Å². The molecule has 1 aliphatic carbocycles. The molecule has 1 saturated carbocycles. The van der Waals surface area contributed by atoms with Crippen molar-refractivity contribution in [3.8, 4) is 0 Å². The average Bonchev–Trinajstić information content (AvgIpc) is 3.36. The lowest BCUT2D eigenvalue weighted by Gasteiger charge is -2.23. The van der Waals surface area contributed by atoms with Gasteiger partial charge in [0.25, 0.3) is 0 Å². The highest BCUT2D eigenvalue weighted by atomic mass is 16.5. The van der Waals surface area contributed by atoms with Crippen LogP contribution in [0.3, 0.4) is 0 Å². The van der Waals surface area contributed by atoms with Gasteiger partial charge in [-0.3, -0.25) is 4.90 Å². The van der Waals surface area contributed by atoms with E-state index < -0.39 is 0 Å². The molecule has 0 atom stereocenters. The molecule has 1 aromatic rings. The summed E-state index contributed by atoms with van der Waals surface area (Å²) >= 11 is 0. The Morgan fingerprint density at radius 1 is 1.27 bits per heavy atom. The molecule has 0 aromatic heterocycles. The molecule has 0 saturated heterocycles. The van der Waals surface area contributed by atoms with Crippen LogP contribution in [0, 0.1) is 0 Å². The summed E-state index contributed by atoms with van der Waals surface area (Å²) in [6.07, 6.45) is 2.54. The largest absolute Gasteiger partial charge is 0.383 e. The number of methoxy groups -OCH3 is 1. The number of carbonyl (C=O) groups is 1. The minimum Gasteiger partial charge on any atom is -0.383 e. The molecule has 0 unspecified atom stereocenters. The Balaban J connectivity index is 1.67. The Morgan fingerprint density at radius 3 is 2.64 bits per heavy atom. The van der Waals surface area contributed by atoms with Gasteiger partial charge < -0.3 is 15.0 Å². The standard InChI is InChI=1S/C17H27N3O2/c1-19(14-15-6-4-3-5-7-15)17(21)18-10-11-20(12-13-22-2)16-8-9-16/h3-7,16H,8-14H2,1-2H3,(H,18,21). The molecule has 1 aliphatic rings. The van der Waals surface area contributed by atoms with E-state index in [1.54, 1.807) is 12.0 Å². The molecule has 22 heavy (non-hydrogen) atoms. The first-order chi connectivity index (χ1) is 10.7. The number of carbonyl (C=O) groups excluding carboxylic acids is 1. The Bertz CT molecular complexity index is 448. The number of rotatable bonds is 9. The van der Waals surface area contributed by atoms with Gasteiger partial charge in [-0.25, -0.2) is 4.79 Å². The SMILES string of the molecule is COCCN(CCNC(=O)N(C)Cc1ccccc1)C1CC1. The topological polar surface area (TPSA) is 44.8 Å². The van der Waals surface area contributed by atoms with E-state index in [1.165, 1.54) is 12.8 Å². The first-order valence-electron chi connectivity index (χ1n) is 7.96. The predicted molar refractivity (Wildman–Crippen MR) is 87.8 cm³/mol. The number of ether oxygens (including phenoxy) is 1. The van der Waals surface area contributed by atoms with Gasteiger partial charge in [-0.05, 0) is 18.4 Å². The fraction of sp³-hybridized carbons (Fsp3) is 0.588. The lowest BCUT2D eigenvalue weighted by atomic mass is 10.2. The molecule has 0 radical (unpaired) electrons. The third-order valence-electron chi connectivity index (χ3n) is 3.93. The van der Waals surface area contributed by atoms with Crippen LogP contribution in [-0.4, -0.2) is 62.3 Å². The second kappa shape index (κ2) is 8.76. The summed E-state index contributed by atoms with van der Waals surface area (Å²) in [5.41, 5.74) is 1.14. The van der Waals surface area contributed by atoms with Crippen molar-refractivity contribution >= 4 is 6.03 Å². The van der Waals surface area contributed by atoms with Crippen LogP contribution < -0.4 is 5.32 Å². The second-order valence-corrected chi connectivity index (χ2v) is 5.83. The van der Waals surface area contributed by atoms with Gasteiger partial charge in [0.1, 0.15) is 0 Å². The van der Waals surface area contributed by atoms with Gasteiger partial charge in [-0.1, -0.05) is 30.3 Å². The Labute approximate surface area is 133 Å². The van der Waals surface area contributed by atoms with Crippen molar-refractivity contribution < 1.29 is 9.53 Å². The molecule has 1 N–H and O–H groups in total. The highest BCUT2D eigenvalue weighted by molar-refractivity contribution is 5.73. The van der Waals surface area contributed by atoms with E-state index in [0.29, 0.717) is 19.1 Å². The van der Waals surface area contributed by atoms with Crippen molar-refractivity contribution in [1.29, 1.82) is 0 Å². The minimum atomic E-state index is -0.0219. The zero-order valence-electron chi connectivity index (χ0n) is 13.6. The molecule has 0 aliphatic heterocycles. The van der Waals surface area contributed by atoms with E-state index in [2.05, 4.69) is 10.2 Å². The van der Waals surface area contributed by atoms with Gasteiger partial charge in [0.15, 0.2) is 0 Å². The molecular formula is C17H27N3O2. The van der Waals surface area contributed by atoms with E-state index in [4.69, 9.17) is 4.74 Å². The summed E-state index contributed by atoms with van der Waals surface area (Å²) < 4.78 is 5.15. The van der Waals surface area contributed by atoms with Crippen molar-refractivity contribution in [2.45, 2.75) is 25.4 Å². The van der Waals surface area contributed by atoms with Crippen molar-refractivity contribution in [3.05, 3.63) is 35.9 Å². The minimum absolute atomic E-state index is 0.0219. The normalized spacial score (nSPS) is 14.1.